The largest absolute Gasteiger partial charge is 0.479 e. The van der Waals surface area contributed by atoms with E-state index in [0.717, 1.165) is 6.42 Å². The number of aliphatic hydroxyl groups is 1. The topological polar surface area (TPSA) is 58.6 Å². The summed E-state index contributed by atoms with van der Waals surface area (Å²) in [5, 5.41) is 12.2. The lowest BCUT2D eigenvalue weighted by molar-refractivity contribution is -0.128. The summed E-state index contributed by atoms with van der Waals surface area (Å²) in [6.45, 7) is 3.68. The van der Waals surface area contributed by atoms with Crippen molar-refractivity contribution in [3.63, 3.8) is 0 Å². The van der Waals surface area contributed by atoms with Gasteiger partial charge in [-0.1, -0.05) is 30.7 Å². The number of benzene rings is 1. The number of hydrogen-bond donors (Lipinski definition) is 2. The molecule has 1 rings (SSSR count). The highest BCUT2D eigenvalue weighted by atomic mass is 35.5. The lowest BCUT2D eigenvalue weighted by atomic mass is 10.1. The number of nitrogens with one attached hydrogen (secondary N) is 1. The zero-order chi connectivity index (χ0) is 14.3. The van der Waals surface area contributed by atoms with Crippen molar-refractivity contribution in [2.24, 2.45) is 0 Å². The fourth-order valence-corrected chi connectivity index (χ4v) is 1.82. The van der Waals surface area contributed by atoms with Crippen molar-refractivity contribution in [1.82, 2.24) is 5.32 Å². The van der Waals surface area contributed by atoms with Gasteiger partial charge < -0.3 is 15.2 Å². The van der Waals surface area contributed by atoms with Crippen LogP contribution in [0.25, 0.3) is 0 Å². The van der Waals surface area contributed by atoms with E-state index < -0.39 is 6.10 Å². The average Bonchev–Trinajstić information content (AvgIpc) is 2.40. The highest BCUT2D eigenvalue weighted by molar-refractivity contribution is 6.32. The number of hydrogen-bond acceptors (Lipinski definition) is 3. The van der Waals surface area contributed by atoms with Gasteiger partial charge in [0.15, 0.2) is 6.10 Å². The van der Waals surface area contributed by atoms with Gasteiger partial charge >= 0.3 is 0 Å². The van der Waals surface area contributed by atoms with E-state index in [0.29, 0.717) is 17.2 Å². The van der Waals surface area contributed by atoms with E-state index in [4.69, 9.17) is 21.4 Å². The third-order valence-corrected chi connectivity index (χ3v) is 3.14. The molecule has 19 heavy (non-hydrogen) atoms. The second-order valence-corrected chi connectivity index (χ2v) is 4.72. The van der Waals surface area contributed by atoms with Crippen LogP contribution in [0.2, 0.25) is 5.02 Å². The van der Waals surface area contributed by atoms with Gasteiger partial charge in [0.2, 0.25) is 0 Å². The summed E-state index contributed by atoms with van der Waals surface area (Å²) < 4.78 is 5.52. The zero-order valence-electron chi connectivity index (χ0n) is 11.2. The van der Waals surface area contributed by atoms with Crippen LogP contribution in [0, 0.1) is 0 Å². The maximum absolute atomic E-state index is 11.9. The summed E-state index contributed by atoms with van der Waals surface area (Å²) in [5.74, 6) is 0.280. The van der Waals surface area contributed by atoms with E-state index in [9.17, 15) is 4.79 Å². The Labute approximate surface area is 118 Å². The SMILES string of the molecule is CCC(CCO)NC(=O)C(C)Oc1ccccc1Cl. The van der Waals surface area contributed by atoms with Crippen molar-refractivity contribution in [2.45, 2.75) is 38.8 Å². The maximum Gasteiger partial charge on any atom is 0.260 e. The highest BCUT2D eigenvalue weighted by Crippen LogP contribution is 2.24. The molecule has 1 amide bonds. The lowest BCUT2D eigenvalue weighted by Crippen LogP contribution is -2.42. The number of amides is 1. The van der Waals surface area contributed by atoms with Crippen molar-refractivity contribution >= 4 is 17.5 Å². The molecule has 0 saturated carbocycles. The van der Waals surface area contributed by atoms with Gasteiger partial charge in [0, 0.05) is 12.6 Å². The fourth-order valence-electron chi connectivity index (χ4n) is 1.64. The van der Waals surface area contributed by atoms with E-state index in [1.807, 2.05) is 6.92 Å². The van der Waals surface area contributed by atoms with E-state index in [-0.39, 0.29) is 18.6 Å². The Kier molecular flexibility index (Phi) is 6.67. The first-order valence-electron chi connectivity index (χ1n) is 6.40. The minimum absolute atomic E-state index is 0.0326. The number of para-hydroxylation sites is 1. The fraction of sp³-hybridized carbons (Fsp3) is 0.500. The molecule has 1 aromatic rings. The molecule has 0 radical (unpaired) electrons. The van der Waals surface area contributed by atoms with E-state index in [1.165, 1.54) is 0 Å². The molecule has 4 nitrogen and oxygen atoms in total. The number of rotatable bonds is 7. The van der Waals surface area contributed by atoms with Gasteiger partial charge in [0.1, 0.15) is 5.75 Å². The van der Waals surface area contributed by atoms with Crippen LogP contribution in [0.15, 0.2) is 24.3 Å². The molecule has 0 saturated heterocycles. The van der Waals surface area contributed by atoms with Gasteiger partial charge in [0.05, 0.1) is 5.02 Å². The van der Waals surface area contributed by atoms with Crippen LogP contribution >= 0.6 is 11.6 Å². The van der Waals surface area contributed by atoms with Crippen molar-refractivity contribution in [3.05, 3.63) is 29.3 Å². The normalized spacial score (nSPS) is 13.7. The van der Waals surface area contributed by atoms with E-state index in [1.54, 1.807) is 31.2 Å². The molecule has 0 bridgehead atoms. The highest BCUT2D eigenvalue weighted by Gasteiger charge is 2.18. The number of aliphatic hydroxyl groups excluding tert-OH is 1. The second-order valence-electron chi connectivity index (χ2n) is 4.32. The third kappa shape index (κ3) is 5.09. The molecular weight excluding hydrogens is 266 g/mol. The number of carbonyl (C=O) groups is 1. The molecule has 2 N–H and O–H groups in total. The van der Waals surface area contributed by atoms with E-state index >= 15 is 0 Å². The van der Waals surface area contributed by atoms with Gasteiger partial charge in [-0.3, -0.25) is 4.79 Å². The molecule has 0 spiro atoms. The molecule has 0 aliphatic rings. The Morgan fingerprint density at radius 1 is 1.47 bits per heavy atom. The summed E-state index contributed by atoms with van der Waals surface area (Å²) in [6, 6.07) is 7.00. The van der Waals surface area contributed by atoms with Crippen LogP contribution in [-0.2, 0) is 4.79 Å². The molecule has 5 heteroatoms. The predicted octanol–water partition coefficient (Wildman–Crippen LogP) is 2.38. The quantitative estimate of drug-likeness (QED) is 0.809. The standard InChI is InChI=1S/C14H20ClNO3/c1-3-11(8-9-17)16-14(18)10(2)19-13-7-5-4-6-12(13)15/h4-7,10-11,17H,3,8-9H2,1-2H3,(H,16,18). The lowest BCUT2D eigenvalue weighted by Gasteiger charge is -2.20. The van der Waals surface area contributed by atoms with Crippen LogP contribution in [0.5, 0.6) is 5.75 Å². The Balaban J connectivity index is 2.55. The molecule has 2 unspecified atom stereocenters. The van der Waals surface area contributed by atoms with E-state index in [2.05, 4.69) is 5.32 Å². The van der Waals surface area contributed by atoms with Crippen LogP contribution in [0.4, 0.5) is 0 Å². The zero-order valence-corrected chi connectivity index (χ0v) is 12.0. The maximum atomic E-state index is 11.9. The van der Waals surface area contributed by atoms with Crippen molar-refractivity contribution in [1.29, 1.82) is 0 Å². The predicted molar refractivity (Wildman–Crippen MR) is 75.5 cm³/mol. The summed E-state index contributed by atoms with van der Waals surface area (Å²) in [4.78, 5) is 11.9. The second kappa shape index (κ2) is 8.02. The molecule has 2 atom stereocenters. The Bertz CT molecular complexity index is 411. The molecule has 0 heterocycles. The number of carbonyl (C=O) groups excluding carboxylic acids is 1. The van der Waals surface area contributed by atoms with Gasteiger partial charge in [-0.05, 0) is 31.9 Å². The van der Waals surface area contributed by atoms with Crippen molar-refractivity contribution in [3.8, 4) is 5.75 Å². The third-order valence-electron chi connectivity index (χ3n) is 2.83. The molecule has 0 aliphatic heterocycles. The molecule has 0 fully saturated rings. The van der Waals surface area contributed by atoms with Gasteiger partial charge in [0.25, 0.3) is 5.91 Å². The number of ether oxygens (including phenoxy) is 1. The molecule has 1 aromatic carbocycles. The monoisotopic (exact) mass is 285 g/mol. The minimum atomic E-state index is -0.632. The Hall–Kier alpha value is -1.26. The van der Waals surface area contributed by atoms with Crippen LogP contribution < -0.4 is 10.1 Å². The first-order chi connectivity index (χ1) is 9.08. The Morgan fingerprint density at radius 2 is 2.16 bits per heavy atom. The smallest absolute Gasteiger partial charge is 0.260 e. The summed E-state index contributed by atoms with van der Waals surface area (Å²) in [6.07, 6.45) is 0.680. The summed E-state index contributed by atoms with van der Waals surface area (Å²) in [7, 11) is 0. The van der Waals surface area contributed by atoms with Crippen LogP contribution in [0.1, 0.15) is 26.7 Å². The molecular formula is C14H20ClNO3. The van der Waals surface area contributed by atoms with Gasteiger partial charge in [-0.25, -0.2) is 0 Å². The van der Waals surface area contributed by atoms with Crippen LogP contribution in [-0.4, -0.2) is 29.8 Å². The molecule has 106 valence electrons. The molecule has 0 aliphatic carbocycles. The minimum Gasteiger partial charge on any atom is -0.479 e. The van der Waals surface area contributed by atoms with Crippen molar-refractivity contribution < 1.29 is 14.6 Å². The first kappa shape index (κ1) is 15.8. The average molecular weight is 286 g/mol. The number of halogens is 1. The summed E-state index contributed by atoms with van der Waals surface area (Å²) in [5.41, 5.74) is 0. The molecule has 0 aromatic heterocycles. The van der Waals surface area contributed by atoms with Gasteiger partial charge in [-0.15, -0.1) is 0 Å². The van der Waals surface area contributed by atoms with Crippen LogP contribution in [0.3, 0.4) is 0 Å². The summed E-state index contributed by atoms with van der Waals surface area (Å²) >= 11 is 5.97. The first-order valence-corrected chi connectivity index (χ1v) is 6.78. The van der Waals surface area contributed by atoms with Crippen molar-refractivity contribution in [2.75, 3.05) is 6.61 Å². The Morgan fingerprint density at radius 3 is 2.74 bits per heavy atom. The van der Waals surface area contributed by atoms with Gasteiger partial charge in [-0.2, -0.15) is 0 Å².